The topological polar surface area (TPSA) is 27.7 Å². The van der Waals surface area contributed by atoms with Crippen LogP contribution in [-0.4, -0.2) is 75.9 Å². The number of halogens is 2. The molecular formula is C13H29Cl2N3O. The van der Waals surface area contributed by atoms with E-state index in [2.05, 4.69) is 22.2 Å². The van der Waals surface area contributed by atoms with Gasteiger partial charge in [-0.15, -0.1) is 24.8 Å². The van der Waals surface area contributed by atoms with Gasteiger partial charge in [0, 0.05) is 32.7 Å². The maximum atomic E-state index is 5.38. The summed E-state index contributed by atoms with van der Waals surface area (Å²) >= 11 is 0. The van der Waals surface area contributed by atoms with Crippen LogP contribution in [0.3, 0.4) is 0 Å². The Labute approximate surface area is 130 Å². The molecule has 2 heterocycles. The number of piperidine rings is 1. The van der Waals surface area contributed by atoms with E-state index in [1.54, 1.807) is 0 Å². The van der Waals surface area contributed by atoms with Crippen molar-refractivity contribution < 1.29 is 4.74 Å². The van der Waals surface area contributed by atoms with Crippen LogP contribution in [0, 0.1) is 5.92 Å². The lowest BCUT2D eigenvalue weighted by Gasteiger charge is -2.35. The predicted octanol–water partition coefficient (Wildman–Crippen LogP) is 1.09. The summed E-state index contributed by atoms with van der Waals surface area (Å²) in [5.74, 6) is 0.860. The van der Waals surface area contributed by atoms with E-state index in [1.807, 2.05) is 0 Å². The first-order valence-corrected chi connectivity index (χ1v) is 7.05. The Bertz CT molecular complexity index is 214. The lowest BCUT2D eigenvalue weighted by molar-refractivity contribution is 0.0309. The van der Waals surface area contributed by atoms with Crippen LogP contribution in [0.15, 0.2) is 0 Å². The van der Waals surface area contributed by atoms with Gasteiger partial charge >= 0.3 is 0 Å². The highest BCUT2D eigenvalue weighted by Gasteiger charge is 2.20. The fourth-order valence-corrected chi connectivity index (χ4v) is 2.92. The molecule has 0 aromatic carbocycles. The summed E-state index contributed by atoms with van der Waals surface area (Å²) in [5, 5.41) is 3.31. The number of hydrogen-bond acceptors (Lipinski definition) is 4. The molecule has 0 aromatic heterocycles. The zero-order chi connectivity index (χ0) is 11.9. The minimum Gasteiger partial charge on any atom is -0.379 e. The van der Waals surface area contributed by atoms with Crippen molar-refractivity contribution in [1.82, 2.24) is 15.1 Å². The second kappa shape index (κ2) is 11.1. The average Bonchev–Trinajstić information content (AvgIpc) is 2.39. The zero-order valence-corrected chi connectivity index (χ0v) is 13.6. The van der Waals surface area contributed by atoms with Crippen molar-refractivity contribution in [2.24, 2.45) is 5.92 Å². The molecule has 0 radical (unpaired) electrons. The van der Waals surface area contributed by atoms with Crippen molar-refractivity contribution in [3.8, 4) is 0 Å². The first-order chi connectivity index (χ1) is 8.38. The molecule has 2 fully saturated rings. The van der Waals surface area contributed by atoms with E-state index in [4.69, 9.17) is 4.74 Å². The van der Waals surface area contributed by atoms with Crippen molar-refractivity contribution in [1.29, 1.82) is 0 Å². The molecule has 4 nitrogen and oxygen atoms in total. The number of hydrogen-bond donors (Lipinski definition) is 1. The third-order valence-electron chi connectivity index (χ3n) is 3.93. The first kappa shape index (κ1) is 19.4. The Morgan fingerprint density at radius 2 is 1.74 bits per heavy atom. The van der Waals surface area contributed by atoms with Gasteiger partial charge in [-0.25, -0.2) is 0 Å². The number of nitrogens with zero attached hydrogens (tertiary/aromatic N) is 2. The quantitative estimate of drug-likeness (QED) is 0.822. The SMILES string of the molecule is CNCC1CCCN(CCN2CCOCC2)C1.Cl.Cl. The molecule has 116 valence electrons. The van der Waals surface area contributed by atoms with E-state index < -0.39 is 0 Å². The fraction of sp³-hybridized carbons (Fsp3) is 1.00. The molecule has 19 heavy (non-hydrogen) atoms. The van der Waals surface area contributed by atoms with Crippen LogP contribution in [0.2, 0.25) is 0 Å². The molecule has 0 saturated carbocycles. The standard InChI is InChI=1S/C13H27N3O.2ClH/c1-14-11-13-3-2-4-16(12-13)6-5-15-7-9-17-10-8-15;;/h13-14H,2-12H2,1H3;2*1H. The molecule has 0 aromatic rings. The Morgan fingerprint density at radius 1 is 1.05 bits per heavy atom. The molecule has 2 saturated heterocycles. The fourth-order valence-electron chi connectivity index (χ4n) is 2.92. The summed E-state index contributed by atoms with van der Waals surface area (Å²) in [5.41, 5.74) is 0. The zero-order valence-electron chi connectivity index (χ0n) is 12.0. The van der Waals surface area contributed by atoms with Crippen molar-refractivity contribution in [2.75, 3.05) is 66.1 Å². The number of ether oxygens (including phenoxy) is 1. The van der Waals surface area contributed by atoms with E-state index in [0.717, 1.165) is 32.2 Å². The molecule has 2 aliphatic rings. The molecular weight excluding hydrogens is 285 g/mol. The number of nitrogens with one attached hydrogen (secondary N) is 1. The highest BCUT2D eigenvalue weighted by molar-refractivity contribution is 5.85. The van der Waals surface area contributed by atoms with E-state index in [0.29, 0.717) is 0 Å². The van der Waals surface area contributed by atoms with Gasteiger partial charge in [-0.2, -0.15) is 0 Å². The molecule has 0 amide bonds. The lowest BCUT2D eigenvalue weighted by atomic mass is 9.98. The predicted molar refractivity (Wildman–Crippen MR) is 84.8 cm³/mol. The molecule has 1 unspecified atom stereocenters. The number of likely N-dealkylation sites (tertiary alicyclic amines) is 1. The summed E-state index contributed by atoms with van der Waals surface area (Å²) in [4.78, 5) is 5.17. The summed E-state index contributed by atoms with van der Waals surface area (Å²) in [6.07, 6.45) is 2.77. The van der Waals surface area contributed by atoms with Crippen molar-refractivity contribution in [2.45, 2.75) is 12.8 Å². The molecule has 1 atom stereocenters. The molecule has 0 bridgehead atoms. The van der Waals surface area contributed by atoms with Crippen LogP contribution in [0.5, 0.6) is 0 Å². The van der Waals surface area contributed by atoms with Crippen molar-refractivity contribution >= 4 is 24.8 Å². The van der Waals surface area contributed by atoms with Gasteiger partial charge in [0.05, 0.1) is 13.2 Å². The van der Waals surface area contributed by atoms with Crippen LogP contribution in [0.1, 0.15) is 12.8 Å². The van der Waals surface area contributed by atoms with Gasteiger partial charge in [-0.3, -0.25) is 4.90 Å². The molecule has 2 rings (SSSR count). The Hall–Kier alpha value is 0.420. The maximum absolute atomic E-state index is 5.38. The van der Waals surface area contributed by atoms with Crippen LogP contribution in [-0.2, 0) is 4.74 Å². The summed E-state index contributed by atoms with van der Waals surface area (Å²) < 4.78 is 5.38. The third kappa shape index (κ3) is 7.11. The summed E-state index contributed by atoms with van der Waals surface area (Å²) in [6, 6.07) is 0. The van der Waals surface area contributed by atoms with Gasteiger partial charge in [0.25, 0.3) is 0 Å². The monoisotopic (exact) mass is 313 g/mol. The van der Waals surface area contributed by atoms with Crippen LogP contribution in [0.25, 0.3) is 0 Å². The van der Waals surface area contributed by atoms with E-state index >= 15 is 0 Å². The van der Waals surface area contributed by atoms with Crippen LogP contribution < -0.4 is 5.32 Å². The smallest absolute Gasteiger partial charge is 0.0594 e. The normalized spacial score (nSPS) is 25.4. The average molecular weight is 314 g/mol. The second-order valence-electron chi connectivity index (χ2n) is 5.32. The van der Waals surface area contributed by atoms with E-state index in [1.165, 1.54) is 45.6 Å². The van der Waals surface area contributed by atoms with Gasteiger partial charge < -0.3 is 15.0 Å². The Kier molecular flexibility index (Phi) is 11.4. The van der Waals surface area contributed by atoms with E-state index in [-0.39, 0.29) is 24.8 Å². The molecule has 6 heteroatoms. The number of morpholine rings is 1. The van der Waals surface area contributed by atoms with Gasteiger partial charge in [0.15, 0.2) is 0 Å². The second-order valence-corrected chi connectivity index (χ2v) is 5.32. The lowest BCUT2D eigenvalue weighted by Crippen LogP contribution is -2.45. The van der Waals surface area contributed by atoms with Gasteiger partial charge in [-0.05, 0) is 38.9 Å². The first-order valence-electron chi connectivity index (χ1n) is 7.05. The minimum atomic E-state index is 0. The maximum Gasteiger partial charge on any atom is 0.0594 e. The summed E-state index contributed by atoms with van der Waals surface area (Å²) in [7, 11) is 2.06. The molecule has 0 spiro atoms. The highest BCUT2D eigenvalue weighted by atomic mass is 35.5. The Morgan fingerprint density at radius 3 is 2.42 bits per heavy atom. The minimum absolute atomic E-state index is 0. The van der Waals surface area contributed by atoms with Gasteiger partial charge in [-0.1, -0.05) is 0 Å². The molecule has 2 aliphatic heterocycles. The van der Waals surface area contributed by atoms with Gasteiger partial charge in [0.1, 0.15) is 0 Å². The van der Waals surface area contributed by atoms with E-state index in [9.17, 15) is 0 Å². The van der Waals surface area contributed by atoms with Crippen LogP contribution >= 0.6 is 24.8 Å². The van der Waals surface area contributed by atoms with Crippen molar-refractivity contribution in [3.63, 3.8) is 0 Å². The third-order valence-corrected chi connectivity index (χ3v) is 3.93. The van der Waals surface area contributed by atoms with Crippen molar-refractivity contribution in [3.05, 3.63) is 0 Å². The van der Waals surface area contributed by atoms with Crippen LogP contribution in [0.4, 0.5) is 0 Å². The largest absolute Gasteiger partial charge is 0.379 e. The number of rotatable bonds is 5. The Balaban J connectivity index is 0.00000162. The highest BCUT2D eigenvalue weighted by Crippen LogP contribution is 2.15. The molecule has 0 aliphatic carbocycles. The van der Waals surface area contributed by atoms with Gasteiger partial charge in [0.2, 0.25) is 0 Å². The summed E-state index contributed by atoms with van der Waals surface area (Å²) in [6.45, 7) is 10.3. The molecule has 1 N–H and O–H groups in total.